The van der Waals surface area contributed by atoms with E-state index in [9.17, 15) is 14.7 Å². The van der Waals surface area contributed by atoms with E-state index in [0.29, 0.717) is 41.4 Å². The summed E-state index contributed by atoms with van der Waals surface area (Å²) in [6.07, 6.45) is 0.465. The Morgan fingerprint density at radius 1 is 1.17 bits per heavy atom. The van der Waals surface area contributed by atoms with Crippen molar-refractivity contribution in [1.29, 1.82) is 0 Å². The molecule has 29 heavy (non-hydrogen) atoms. The number of phenols is 1. The Labute approximate surface area is 169 Å². The van der Waals surface area contributed by atoms with Crippen LogP contribution in [0.3, 0.4) is 0 Å². The molecule has 2 aromatic carbocycles. The number of phenolic OH excluding ortho intramolecular Hbond substituents is 1. The quantitative estimate of drug-likeness (QED) is 0.600. The van der Waals surface area contributed by atoms with E-state index in [1.54, 1.807) is 31.2 Å². The van der Waals surface area contributed by atoms with Gasteiger partial charge in [-0.05, 0) is 60.4 Å². The van der Waals surface area contributed by atoms with E-state index >= 15 is 0 Å². The molecule has 3 aromatic rings. The van der Waals surface area contributed by atoms with E-state index in [0.717, 1.165) is 11.1 Å². The van der Waals surface area contributed by atoms with E-state index in [-0.39, 0.29) is 11.7 Å². The predicted molar refractivity (Wildman–Crippen MR) is 113 cm³/mol. The number of amides is 1. The second-order valence-corrected chi connectivity index (χ2v) is 7.58. The van der Waals surface area contributed by atoms with Gasteiger partial charge in [-0.1, -0.05) is 26.0 Å². The average molecular weight is 391 g/mol. The molecule has 0 aliphatic rings. The number of rotatable bonds is 6. The lowest BCUT2D eigenvalue weighted by Gasteiger charge is -2.09. The highest BCUT2D eigenvalue weighted by atomic mass is 16.3. The molecule has 3 rings (SSSR count). The van der Waals surface area contributed by atoms with E-state index in [4.69, 9.17) is 0 Å². The predicted octanol–water partition coefficient (Wildman–Crippen LogP) is 3.43. The van der Waals surface area contributed by atoms with Crippen molar-refractivity contribution in [3.63, 3.8) is 0 Å². The van der Waals surface area contributed by atoms with E-state index in [1.165, 1.54) is 0 Å². The summed E-state index contributed by atoms with van der Waals surface area (Å²) >= 11 is 0. The minimum absolute atomic E-state index is 0.107. The van der Waals surface area contributed by atoms with Gasteiger partial charge in [-0.15, -0.1) is 0 Å². The Balaban J connectivity index is 1.84. The third-order valence-corrected chi connectivity index (χ3v) is 4.55. The van der Waals surface area contributed by atoms with Crippen molar-refractivity contribution in [2.45, 2.75) is 27.2 Å². The Bertz CT molecular complexity index is 1090. The van der Waals surface area contributed by atoms with Crippen LogP contribution < -0.4 is 11.0 Å². The van der Waals surface area contributed by atoms with Crippen LogP contribution in [0.2, 0.25) is 0 Å². The summed E-state index contributed by atoms with van der Waals surface area (Å²) in [6.45, 7) is 6.51. The lowest BCUT2D eigenvalue weighted by atomic mass is 10.0. The molecule has 3 N–H and O–H groups in total. The number of carbonyl (C=O) groups is 1. The topological polar surface area (TPSA) is 95.1 Å². The molecule has 0 aliphatic heterocycles. The molecule has 0 unspecified atom stereocenters. The van der Waals surface area contributed by atoms with Crippen molar-refractivity contribution < 1.29 is 9.90 Å². The third kappa shape index (κ3) is 5.31. The molecule has 0 atom stereocenters. The number of aromatic amines is 1. The summed E-state index contributed by atoms with van der Waals surface area (Å²) in [5.74, 6) is 0.474. The zero-order valence-electron chi connectivity index (χ0n) is 16.8. The Hall–Kier alpha value is -3.41. The first-order valence-electron chi connectivity index (χ1n) is 9.59. The molecule has 0 aliphatic carbocycles. The largest absolute Gasteiger partial charge is 0.508 e. The van der Waals surface area contributed by atoms with Crippen molar-refractivity contribution in [2.75, 3.05) is 6.54 Å². The average Bonchev–Trinajstić information content (AvgIpc) is 2.68. The number of nitrogens with one attached hydrogen (secondary N) is 2. The first-order valence-corrected chi connectivity index (χ1v) is 9.59. The molecule has 0 spiro atoms. The van der Waals surface area contributed by atoms with Gasteiger partial charge in [-0.3, -0.25) is 4.79 Å². The number of H-pyrrole nitrogens is 1. The van der Waals surface area contributed by atoms with Crippen LogP contribution in [0.15, 0.2) is 53.3 Å². The lowest BCUT2D eigenvalue weighted by Crippen LogP contribution is -2.27. The molecular weight excluding hydrogens is 366 g/mol. The SMILES string of the molecule is Cc1cc(-c2cc(Cc3cccc(C(=O)NCC(C)C)c3)[nH]c(=O)n2)ccc1O. The minimum Gasteiger partial charge on any atom is -0.508 e. The fraction of sp³-hybridized carbons (Fsp3) is 0.261. The zero-order valence-corrected chi connectivity index (χ0v) is 16.8. The number of aromatic nitrogens is 2. The van der Waals surface area contributed by atoms with Gasteiger partial charge in [0.15, 0.2) is 0 Å². The van der Waals surface area contributed by atoms with Crippen molar-refractivity contribution in [2.24, 2.45) is 5.92 Å². The summed E-state index contributed by atoms with van der Waals surface area (Å²) in [5.41, 5.74) is 3.78. The minimum atomic E-state index is -0.436. The maximum Gasteiger partial charge on any atom is 0.345 e. The fourth-order valence-corrected chi connectivity index (χ4v) is 3.01. The zero-order chi connectivity index (χ0) is 21.0. The van der Waals surface area contributed by atoms with Crippen LogP contribution in [0.25, 0.3) is 11.3 Å². The molecule has 150 valence electrons. The van der Waals surface area contributed by atoms with Gasteiger partial charge >= 0.3 is 5.69 Å². The van der Waals surface area contributed by atoms with Crippen LogP contribution in [0.1, 0.15) is 41.0 Å². The number of benzene rings is 2. The highest BCUT2D eigenvalue weighted by Gasteiger charge is 2.09. The van der Waals surface area contributed by atoms with Gasteiger partial charge in [0, 0.05) is 29.8 Å². The van der Waals surface area contributed by atoms with Crippen LogP contribution in [0.4, 0.5) is 0 Å². The van der Waals surface area contributed by atoms with Crippen LogP contribution in [-0.2, 0) is 6.42 Å². The second-order valence-electron chi connectivity index (χ2n) is 7.58. The van der Waals surface area contributed by atoms with Crippen molar-refractivity contribution >= 4 is 5.91 Å². The highest BCUT2D eigenvalue weighted by Crippen LogP contribution is 2.24. The van der Waals surface area contributed by atoms with Crippen molar-refractivity contribution in [3.8, 4) is 17.0 Å². The second kappa shape index (κ2) is 8.73. The normalized spacial score (nSPS) is 10.9. The summed E-state index contributed by atoms with van der Waals surface area (Å²) in [4.78, 5) is 31.2. The molecule has 6 nitrogen and oxygen atoms in total. The maximum atomic E-state index is 12.3. The molecule has 0 saturated carbocycles. The molecule has 0 bridgehead atoms. The number of hydrogen-bond acceptors (Lipinski definition) is 4. The van der Waals surface area contributed by atoms with Crippen molar-refractivity contribution in [1.82, 2.24) is 15.3 Å². The summed E-state index contributed by atoms with van der Waals surface area (Å²) in [5, 5.41) is 12.6. The first kappa shape index (κ1) is 20.3. The molecule has 6 heteroatoms. The fourth-order valence-electron chi connectivity index (χ4n) is 3.01. The molecule has 1 heterocycles. The third-order valence-electron chi connectivity index (χ3n) is 4.55. The van der Waals surface area contributed by atoms with Gasteiger partial charge in [-0.25, -0.2) is 4.79 Å². The monoisotopic (exact) mass is 391 g/mol. The number of aromatic hydroxyl groups is 1. The van der Waals surface area contributed by atoms with Gasteiger partial charge in [0.2, 0.25) is 0 Å². The molecule has 1 aromatic heterocycles. The maximum absolute atomic E-state index is 12.3. The smallest absolute Gasteiger partial charge is 0.345 e. The first-order chi connectivity index (χ1) is 13.8. The standard InChI is InChI=1S/C23H25N3O3/c1-14(2)13-24-22(28)18-6-4-5-16(10-18)11-19-12-20(26-23(29)25-19)17-7-8-21(27)15(3)9-17/h4-10,12,14,27H,11,13H2,1-3H3,(H,24,28)(H,25,26,29). The summed E-state index contributed by atoms with van der Waals surface area (Å²) in [7, 11) is 0. The molecule has 0 saturated heterocycles. The highest BCUT2D eigenvalue weighted by molar-refractivity contribution is 5.94. The summed E-state index contributed by atoms with van der Waals surface area (Å²) in [6, 6.07) is 14.3. The van der Waals surface area contributed by atoms with E-state index < -0.39 is 5.69 Å². The van der Waals surface area contributed by atoms with Crippen molar-refractivity contribution in [3.05, 3.63) is 81.4 Å². The number of hydrogen-bond donors (Lipinski definition) is 3. The molecule has 1 amide bonds. The van der Waals surface area contributed by atoms with E-state index in [2.05, 4.69) is 15.3 Å². The van der Waals surface area contributed by atoms with Crippen LogP contribution >= 0.6 is 0 Å². The van der Waals surface area contributed by atoms with Crippen LogP contribution in [0, 0.1) is 12.8 Å². The van der Waals surface area contributed by atoms with Gasteiger partial charge in [0.1, 0.15) is 5.75 Å². The number of nitrogens with zero attached hydrogens (tertiary/aromatic N) is 1. The van der Waals surface area contributed by atoms with Gasteiger partial charge in [0.25, 0.3) is 5.91 Å². The lowest BCUT2D eigenvalue weighted by molar-refractivity contribution is 0.0949. The number of aryl methyl sites for hydroxylation is 1. The molecule has 0 radical (unpaired) electrons. The van der Waals surface area contributed by atoms with Gasteiger partial charge in [-0.2, -0.15) is 4.98 Å². The van der Waals surface area contributed by atoms with Gasteiger partial charge < -0.3 is 15.4 Å². The Morgan fingerprint density at radius 3 is 2.69 bits per heavy atom. The van der Waals surface area contributed by atoms with Gasteiger partial charge in [0.05, 0.1) is 5.69 Å². The Kier molecular flexibility index (Phi) is 6.12. The molecule has 0 fully saturated rings. The number of carbonyl (C=O) groups excluding carboxylic acids is 1. The van der Waals surface area contributed by atoms with Crippen LogP contribution in [0.5, 0.6) is 5.75 Å². The van der Waals surface area contributed by atoms with Crippen LogP contribution in [-0.4, -0.2) is 27.5 Å². The van der Waals surface area contributed by atoms with E-state index in [1.807, 2.05) is 38.1 Å². The molecular formula is C23H25N3O3. The Morgan fingerprint density at radius 2 is 1.97 bits per heavy atom. The summed E-state index contributed by atoms with van der Waals surface area (Å²) < 4.78 is 0.